The van der Waals surface area contributed by atoms with Gasteiger partial charge in [0.1, 0.15) is 11.4 Å². The van der Waals surface area contributed by atoms with Gasteiger partial charge in [0.15, 0.2) is 0 Å². The third-order valence-electron chi connectivity index (χ3n) is 3.03. The highest BCUT2D eigenvalue weighted by atomic mass is 79.9. The van der Waals surface area contributed by atoms with Crippen LogP contribution in [0.5, 0.6) is 5.75 Å². The molecule has 2 rings (SSSR count). The zero-order valence-electron chi connectivity index (χ0n) is 11.5. The molecular formula is C15H17BrN2O2. The van der Waals surface area contributed by atoms with Crippen LogP contribution in [0.1, 0.15) is 29.4 Å². The van der Waals surface area contributed by atoms with E-state index in [2.05, 4.69) is 28.2 Å². The van der Waals surface area contributed by atoms with Crippen LogP contribution in [-0.2, 0) is 6.54 Å². The number of aromatic hydroxyl groups is 1. The third-order valence-corrected chi connectivity index (χ3v) is 3.46. The molecule has 5 heteroatoms. The van der Waals surface area contributed by atoms with Crippen molar-refractivity contribution >= 4 is 27.5 Å². The first kappa shape index (κ1) is 14.7. The summed E-state index contributed by atoms with van der Waals surface area (Å²) in [7, 11) is 0. The minimum Gasteiger partial charge on any atom is -0.508 e. The molecule has 1 aromatic carbocycles. The summed E-state index contributed by atoms with van der Waals surface area (Å²) in [5.41, 5.74) is 1.96. The van der Waals surface area contributed by atoms with Gasteiger partial charge in [0.2, 0.25) is 0 Å². The van der Waals surface area contributed by atoms with E-state index < -0.39 is 0 Å². The maximum Gasteiger partial charge on any atom is 0.272 e. The zero-order valence-corrected chi connectivity index (χ0v) is 13.1. The number of hydrogen-bond donors (Lipinski definition) is 2. The summed E-state index contributed by atoms with van der Waals surface area (Å²) in [6, 6.07) is 6.88. The minimum atomic E-state index is -0.188. The maximum atomic E-state index is 12.3. The third kappa shape index (κ3) is 3.22. The van der Waals surface area contributed by atoms with Crippen molar-refractivity contribution in [2.24, 2.45) is 0 Å². The highest BCUT2D eigenvalue weighted by Gasteiger charge is 2.13. The van der Waals surface area contributed by atoms with Gasteiger partial charge in [0.25, 0.3) is 5.91 Å². The molecule has 2 aromatic rings. The van der Waals surface area contributed by atoms with Gasteiger partial charge in [0.05, 0.1) is 0 Å². The van der Waals surface area contributed by atoms with E-state index in [-0.39, 0.29) is 11.7 Å². The SMILES string of the molecule is CCCn1cc(Br)cc1C(=O)Nc1ccc(C)c(O)c1. The van der Waals surface area contributed by atoms with Crippen molar-refractivity contribution in [1.82, 2.24) is 4.57 Å². The smallest absolute Gasteiger partial charge is 0.272 e. The Kier molecular flexibility index (Phi) is 4.49. The lowest BCUT2D eigenvalue weighted by molar-refractivity contribution is 0.101. The molecule has 0 atom stereocenters. The van der Waals surface area contributed by atoms with E-state index in [1.54, 1.807) is 24.3 Å². The quantitative estimate of drug-likeness (QED) is 0.888. The molecule has 1 aromatic heterocycles. The van der Waals surface area contributed by atoms with Gasteiger partial charge in [-0.2, -0.15) is 0 Å². The van der Waals surface area contributed by atoms with Gasteiger partial charge < -0.3 is 15.0 Å². The fraction of sp³-hybridized carbons (Fsp3) is 0.267. The Balaban J connectivity index is 2.21. The Morgan fingerprint density at radius 1 is 1.40 bits per heavy atom. The number of aryl methyl sites for hydroxylation is 2. The van der Waals surface area contributed by atoms with Crippen LogP contribution in [0, 0.1) is 6.92 Å². The van der Waals surface area contributed by atoms with Crippen LogP contribution in [0.15, 0.2) is 34.9 Å². The number of nitrogens with zero attached hydrogens (tertiary/aromatic N) is 1. The Bertz CT molecular complexity index is 635. The molecule has 1 amide bonds. The summed E-state index contributed by atoms with van der Waals surface area (Å²) in [5.74, 6) is -0.0136. The summed E-state index contributed by atoms with van der Waals surface area (Å²) >= 11 is 3.39. The molecule has 106 valence electrons. The molecule has 0 fully saturated rings. The number of aromatic nitrogens is 1. The number of benzene rings is 1. The summed E-state index contributed by atoms with van der Waals surface area (Å²) in [4.78, 5) is 12.3. The molecular weight excluding hydrogens is 320 g/mol. The molecule has 0 saturated heterocycles. The summed E-state index contributed by atoms with van der Waals surface area (Å²) in [5, 5.41) is 12.5. The second kappa shape index (κ2) is 6.13. The minimum absolute atomic E-state index is 0.174. The highest BCUT2D eigenvalue weighted by molar-refractivity contribution is 9.10. The average molecular weight is 337 g/mol. The van der Waals surface area contributed by atoms with Crippen LogP contribution in [0.4, 0.5) is 5.69 Å². The topological polar surface area (TPSA) is 54.3 Å². The van der Waals surface area contributed by atoms with Crippen molar-refractivity contribution in [3.8, 4) is 5.75 Å². The first-order valence-electron chi connectivity index (χ1n) is 6.48. The molecule has 0 aliphatic heterocycles. The fourth-order valence-electron chi connectivity index (χ4n) is 1.97. The van der Waals surface area contributed by atoms with Gasteiger partial charge in [-0.15, -0.1) is 0 Å². The standard InChI is InChI=1S/C15H17BrN2O2/c1-3-6-18-9-11(16)7-13(18)15(20)17-12-5-4-10(2)14(19)8-12/h4-5,7-9,19H,3,6H2,1-2H3,(H,17,20). The Morgan fingerprint density at radius 2 is 2.15 bits per heavy atom. The number of halogens is 1. The van der Waals surface area contributed by atoms with Crippen molar-refractivity contribution in [2.45, 2.75) is 26.8 Å². The van der Waals surface area contributed by atoms with Gasteiger partial charge in [-0.25, -0.2) is 0 Å². The molecule has 4 nitrogen and oxygen atoms in total. The van der Waals surface area contributed by atoms with E-state index in [0.717, 1.165) is 23.0 Å². The Morgan fingerprint density at radius 3 is 2.80 bits per heavy atom. The normalized spacial score (nSPS) is 10.6. The summed E-state index contributed by atoms with van der Waals surface area (Å²) in [6.07, 6.45) is 2.84. The van der Waals surface area contributed by atoms with Crippen molar-refractivity contribution in [3.05, 3.63) is 46.2 Å². The van der Waals surface area contributed by atoms with Gasteiger partial charge in [0, 0.05) is 29.0 Å². The molecule has 0 aliphatic rings. The van der Waals surface area contributed by atoms with E-state index >= 15 is 0 Å². The molecule has 0 unspecified atom stereocenters. The van der Waals surface area contributed by atoms with Crippen LogP contribution in [-0.4, -0.2) is 15.6 Å². The molecule has 0 saturated carbocycles. The Labute approximate surface area is 126 Å². The molecule has 1 heterocycles. The number of phenols is 1. The molecule has 0 aliphatic carbocycles. The lowest BCUT2D eigenvalue weighted by Crippen LogP contribution is -2.16. The molecule has 0 bridgehead atoms. The lowest BCUT2D eigenvalue weighted by Gasteiger charge is -2.09. The number of hydrogen-bond acceptors (Lipinski definition) is 2. The van der Waals surface area contributed by atoms with E-state index in [1.807, 2.05) is 17.7 Å². The Hall–Kier alpha value is -1.75. The summed E-state index contributed by atoms with van der Waals surface area (Å²) in [6.45, 7) is 4.66. The zero-order chi connectivity index (χ0) is 14.7. The van der Waals surface area contributed by atoms with Crippen LogP contribution in [0.2, 0.25) is 0 Å². The number of nitrogens with one attached hydrogen (secondary N) is 1. The van der Waals surface area contributed by atoms with E-state index in [1.165, 1.54) is 0 Å². The van der Waals surface area contributed by atoms with E-state index in [9.17, 15) is 9.90 Å². The number of anilines is 1. The molecule has 2 N–H and O–H groups in total. The number of carbonyl (C=O) groups excluding carboxylic acids is 1. The molecule has 20 heavy (non-hydrogen) atoms. The number of amides is 1. The monoisotopic (exact) mass is 336 g/mol. The van der Waals surface area contributed by atoms with E-state index in [4.69, 9.17) is 0 Å². The van der Waals surface area contributed by atoms with Crippen molar-refractivity contribution in [2.75, 3.05) is 5.32 Å². The predicted octanol–water partition coefficient (Wildman–Crippen LogP) is 3.93. The van der Waals surface area contributed by atoms with Gasteiger partial charge >= 0.3 is 0 Å². The number of phenolic OH excluding ortho intramolecular Hbond substituents is 1. The maximum absolute atomic E-state index is 12.3. The van der Waals surface area contributed by atoms with Crippen molar-refractivity contribution in [1.29, 1.82) is 0 Å². The lowest BCUT2D eigenvalue weighted by atomic mass is 10.2. The van der Waals surface area contributed by atoms with Crippen molar-refractivity contribution < 1.29 is 9.90 Å². The average Bonchev–Trinajstić information content (AvgIpc) is 2.75. The van der Waals surface area contributed by atoms with Gasteiger partial charge in [-0.3, -0.25) is 4.79 Å². The number of rotatable bonds is 4. The fourth-order valence-corrected chi connectivity index (χ4v) is 2.44. The van der Waals surface area contributed by atoms with Crippen LogP contribution in [0.3, 0.4) is 0 Å². The van der Waals surface area contributed by atoms with Crippen LogP contribution in [0.25, 0.3) is 0 Å². The summed E-state index contributed by atoms with van der Waals surface area (Å²) < 4.78 is 2.79. The first-order valence-corrected chi connectivity index (χ1v) is 7.27. The highest BCUT2D eigenvalue weighted by Crippen LogP contribution is 2.22. The second-order valence-corrected chi connectivity index (χ2v) is 5.61. The van der Waals surface area contributed by atoms with Crippen LogP contribution >= 0.6 is 15.9 Å². The van der Waals surface area contributed by atoms with Crippen molar-refractivity contribution in [3.63, 3.8) is 0 Å². The van der Waals surface area contributed by atoms with E-state index in [0.29, 0.717) is 11.4 Å². The first-order chi connectivity index (χ1) is 9.51. The number of carbonyl (C=O) groups is 1. The second-order valence-electron chi connectivity index (χ2n) is 4.69. The van der Waals surface area contributed by atoms with Crippen LogP contribution < -0.4 is 5.32 Å². The van der Waals surface area contributed by atoms with Gasteiger partial charge in [-0.05, 0) is 47.0 Å². The molecule has 0 radical (unpaired) electrons. The van der Waals surface area contributed by atoms with Gasteiger partial charge in [-0.1, -0.05) is 13.0 Å². The predicted molar refractivity (Wildman–Crippen MR) is 83.2 cm³/mol. The molecule has 0 spiro atoms. The largest absolute Gasteiger partial charge is 0.508 e.